The molecule has 1 saturated carbocycles. The van der Waals surface area contributed by atoms with Gasteiger partial charge in [0.1, 0.15) is 17.8 Å². The zero-order valence-corrected chi connectivity index (χ0v) is 18.3. The topological polar surface area (TPSA) is 99.9 Å². The number of H-pyrrole nitrogens is 1. The molecule has 0 unspecified atom stereocenters. The number of nitrogens with zero attached hydrogens (tertiary/aromatic N) is 3. The number of likely N-dealkylation sites (tertiary alicyclic amines) is 1. The van der Waals surface area contributed by atoms with Gasteiger partial charge in [0, 0.05) is 42.5 Å². The van der Waals surface area contributed by atoms with Crippen molar-refractivity contribution in [2.75, 3.05) is 18.4 Å². The van der Waals surface area contributed by atoms with Crippen molar-refractivity contribution < 1.29 is 4.79 Å². The second-order valence-corrected chi connectivity index (χ2v) is 9.57. The molecule has 3 heterocycles. The standard InChI is InChI=1S/C23H27ClN6O/c1-23(25)11-30(12-23)15-8-6-14(7-9-15)29-22-19-17(10-26-21(19)27-13-28-22)20(31)16-4-2-3-5-18(16)24/h2-5,10,13-15H,6-9,11-12,25H2,1H3,(H2,26,27,28,29). The summed E-state index contributed by atoms with van der Waals surface area (Å²) in [6, 6.07) is 8.03. The lowest BCUT2D eigenvalue weighted by Gasteiger charge is -2.51. The Labute approximate surface area is 186 Å². The summed E-state index contributed by atoms with van der Waals surface area (Å²) in [5, 5.41) is 4.74. The van der Waals surface area contributed by atoms with Crippen molar-refractivity contribution in [3.63, 3.8) is 0 Å². The number of carbonyl (C=O) groups is 1. The first-order chi connectivity index (χ1) is 14.9. The van der Waals surface area contributed by atoms with Gasteiger partial charge in [0.05, 0.1) is 16.0 Å². The quantitative estimate of drug-likeness (QED) is 0.526. The Morgan fingerprint density at radius 2 is 1.94 bits per heavy atom. The fraction of sp³-hybridized carbons (Fsp3) is 0.435. The van der Waals surface area contributed by atoms with Crippen molar-refractivity contribution >= 4 is 34.2 Å². The van der Waals surface area contributed by atoms with E-state index in [0.717, 1.165) is 44.2 Å². The Bertz CT molecular complexity index is 1110. The molecule has 3 aromatic rings. The molecular weight excluding hydrogens is 412 g/mol. The average Bonchev–Trinajstić information content (AvgIpc) is 3.18. The number of hydrogen-bond acceptors (Lipinski definition) is 6. The van der Waals surface area contributed by atoms with Crippen LogP contribution in [0.1, 0.15) is 48.5 Å². The van der Waals surface area contributed by atoms with Crippen LogP contribution >= 0.6 is 11.6 Å². The van der Waals surface area contributed by atoms with Crippen LogP contribution in [0.4, 0.5) is 5.82 Å². The number of hydrogen-bond donors (Lipinski definition) is 3. The Balaban J connectivity index is 1.34. The van der Waals surface area contributed by atoms with Crippen LogP contribution in [0.5, 0.6) is 0 Å². The number of nitrogens with two attached hydrogens (primary N) is 1. The predicted octanol–water partition coefficient (Wildman–Crippen LogP) is 3.60. The summed E-state index contributed by atoms with van der Waals surface area (Å²) in [5.41, 5.74) is 7.79. The highest BCUT2D eigenvalue weighted by Crippen LogP contribution is 2.33. The number of fused-ring (bicyclic) bond motifs is 1. The number of ketones is 1. The van der Waals surface area contributed by atoms with Crippen molar-refractivity contribution in [1.29, 1.82) is 0 Å². The number of anilines is 1. The van der Waals surface area contributed by atoms with Gasteiger partial charge >= 0.3 is 0 Å². The molecule has 1 aliphatic carbocycles. The molecule has 162 valence electrons. The summed E-state index contributed by atoms with van der Waals surface area (Å²) in [5.74, 6) is 0.560. The molecule has 5 rings (SSSR count). The molecular formula is C23H27ClN6O. The van der Waals surface area contributed by atoms with E-state index in [4.69, 9.17) is 17.3 Å². The minimum absolute atomic E-state index is 0.0272. The van der Waals surface area contributed by atoms with Gasteiger partial charge in [-0.15, -0.1) is 0 Å². The first-order valence-electron chi connectivity index (χ1n) is 10.8. The van der Waals surface area contributed by atoms with Gasteiger partial charge in [0.25, 0.3) is 0 Å². The van der Waals surface area contributed by atoms with E-state index in [0.29, 0.717) is 39.7 Å². The number of halogens is 1. The zero-order chi connectivity index (χ0) is 21.6. The molecule has 2 fully saturated rings. The molecule has 1 aliphatic heterocycles. The largest absolute Gasteiger partial charge is 0.367 e. The van der Waals surface area contributed by atoms with E-state index in [-0.39, 0.29) is 11.3 Å². The van der Waals surface area contributed by atoms with E-state index in [1.54, 1.807) is 18.3 Å². The van der Waals surface area contributed by atoms with E-state index >= 15 is 0 Å². The monoisotopic (exact) mass is 438 g/mol. The third-order valence-corrected chi connectivity index (χ3v) is 6.85. The Kier molecular flexibility index (Phi) is 5.20. The van der Waals surface area contributed by atoms with Crippen LogP contribution < -0.4 is 11.1 Å². The Morgan fingerprint density at radius 1 is 1.19 bits per heavy atom. The maximum Gasteiger partial charge on any atom is 0.196 e. The number of benzene rings is 1. The maximum absolute atomic E-state index is 13.2. The summed E-state index contributed by atoms with van der Waals surface area (Å²) in [6.45, 7) is 4.09. The highest BCUT2D eigenvalue weighted by atomic mass is 35.5. The van der Waals surface area contributed by atoms with Crippen molar-refractivity contribution in [3.8, 4) is 0 Å². The summed E-state index contributed by atoms with van der Waals surface area (Å²) < 4.78 is 0. The minimum atomic E-state index is -0.138. The molecule has 8 heteroatoms. The molecule has 2 aliphatic rings. The van der Waals surface area contributed by atoms with Crippen LogP contribution in [0.2, 0.25) is 5.02 Å². The van der Waals surface area contributed by atoms with Crippen molar-refractivity contribution in [1.82, 2.24) is 19.9 Å². The van der Waals surface area contributed by atoms with Gasteiger partial charge in [0.15, 0.2) is 5.78 Å². The van der Waals surface area contributed by atoms with Crippen LogP contribution in [-0.2, 0) is 0 Å². The fourth-order valence-corrected chi connectivity index (χ4v) is 5.18. The lowest BCUT2D eigenvalue weighted by atomic mass is 9.84. The molecule has 0 spiro atoms. The summed E-state index contributed by atoms with van der Waals surface area (Å²) in [7, 11) is 0. The average molecular weight is 439 g/mol. The predicted molar refractivity (Wildman–Crippen MR) is 123 cm³/mol. The van der Waals surface area contributed by atoms with Crippen molar-refractivity contribution in [2.45, 2.75) is 50.2 Å². The zero-order valence-electron chi connectivity index (χ0n) is 17.6. The van der Waals surface area contributed by atoms with Gasteiger partial charge in [-0.3, -0.25) is 9.69 Å². The number of nitrogens with one attached hydrogen (secondary N) is 2. The molecule has 1 saturated heterocycles. The SMILES string of the molecule is CC1(N)CN(C2CCC(Nc3ncnc4[nH]cc(C(=O)c5ccccc5Cl)c34)CC2)C1. The summed E-state index contributed by atoms with van der Waals surface area (Å²) in [4.78, 5) is 27.6. The maximum atomic E-state index is 13.2. The van der Waals surface area contributed by atoms with Gasteiger partial charge in [-0.2, -0.15) is 0 Å². The fourth-order valence-electron chi connectivity index (χ4n) is 4.96. The molecule has 7 nitrogen and oxygen atoms in total. The first kappa shape index (κ1) is 20.4. The number of rotatable bonds is 5. The molecule has 2 aromatic heterocycles. The molecule has 31 heavy (non-hydrogen) atoms. The van der Waals surface area contributed by atoms with Crippen LogP contribution in [0.3, 0.4) is 0 Å². The van der Waals surface area contributed by atoms with Gasteiger partial charge in [-0.25, -0.2) is 9.97 Å². The molecule has 0 amide bonds. The number of aromatic nitrogens is 3. The highest BCUT2D eigenvalue weighted by molar-refractivity contribution is 6.35. The van der Waals surface area contributed by atoms with Gasteiger partial charge < -0.3 is 16.0 Å². The van der Waals surface area contributed by atoms with Crippen molar-refractivity contribution in [3.05, 3.63) is 52.9 Å². The van der Waals surface area contributed by atoms with E-state index in [9.17, 15) is 4.79 Å². The van der Waals surface area contributed by atoms with Crippen LogP contribution in [0.25, 0.3) is 11.0 Å². The van der Waals surface area contributed by atoms with Crippen molar-refractivity contribution in [2.24, 2.45) is 5.73 Å². The minimum Gasteiger partial charge on any atom is -0.367 e. The van der Waals surface area contributed by atoms with E-state index < -0.39 is 0 Å². The summed E-state index contributed by atoms with van der Waals surface area (Å²) in [6.07, 6.45) is 7.62. The second kappa shape index (κ2) is 7.89. The smallest absolute Gasteiger partial charge is 0.196 e. The van der Waals surface area contributed by atoms with E-state index in [1.807, 2.05) is 12.1 Å². The molecule has 4 N–H and O–H groups in total. The van der Waals surface area contributed by atoms with Crippen LogP contribution in [-0.4, -0.2) is 56.3 Å². The van der Waals surface area contributed by atoms with Crippen LogP contribution in [0.15, 0.2) is 36.8 Å². The first-order valence-corrected chi connectivity index (χ1v) is 11.2. The lowest BCUT2D eigenvalue weighted by molar-refractivity contribution is 0.0228. The van der Waals surface area contributed by atoms with Crippen LogP contribution in [0, 0.1) is 0 Å². The van der Waals surface area contributed by atoms with Gasteiger partial charge in [-0.05, 0) is 44.7 Å². The van der Waals surface area contributed by atoms with Gasteiger partial charge in [-0.1, -0.05) is 23.7 Å². The lowest BCUT2D eigenvalue weighted by Crippen LogP contribution is -2.68. The summed E-state index contributed by atoms with van der Waals surface area (Å²) >= 11 is 6.27. The molecule has 0 atom stereocenters. The van der Waals surface area contributed by atoms with Gasteiger partial charge in [0.2, 0.25) is 0 Å². The normalized spacial score (nSPS) is 23.5. The third kappa shape index (κ3) is 3.93. The second-order valence-electron chi connectivity index (χ2n) is 9.17. The number of aromatic amines is 1. The molecule has 0 radical (unpaired) electrons. The highest BCUT2D eigenvalue weighted by Gasteiger charge is 2.39. The Morgan fingerprint density at radius 3 is 2.65 bits per heavy atom. The Hall–Kier alpha value is -2.48. The molecule has 0 bridgehead atoms. The van der Waals surface area contributed by atoms with E-state index in [2.05, 4.69) is 32.1 Å². The third-order valence-electron chi connectivity index (χ3n) is 6.52. The molecule has 1 aromatic carbocycles. The van der Waals surface area contributed by atoms with E-state index in [1.165, 1.54) is 6.33 Å². The number of carbonyl (C=O) groups excluding carboxylic acids is 1.